The van der Waals surface area contributed by atoms with Crippen molar-refractivity contribution in [2.45, 2.75) is 4.90 Å². The van der Waals surface area contributed by atoms with Gasteiger partial charge in [-0.25, -0.2) is 8.42 Å². The lowest BCUT2D eigenvalue weighted by Crippen LogP contribution is -2.12. The first-order valence-electron chi connectivity index (χ1n) is 4.95. The van der Waals surface area contributed by atoms with Gasteiger partial charge in [0.2, 0.25) is 0 Å². The summed E-state index contributed by atoms with van der Waals surface area (Å²) in [6.07, 6.45) is 0.631. The Hall–Kier alpha value is -1.08. The molecule has 0 radical (unpaired) electrons. The van der Waals surface area contributed by atoms with Crippen molar-refractivity contribution in [1.82, 2.24) is 0 Å². The van der Waals surface area contributed by atoms with E-state index in [0.29, 0.717) is 11.8 Å². The molecular weight excluding hydrogens is 329 g/mol. The first-order chi connectivity index (χ1) is 8.92. The fourth-order valence-corrected chi connectivity index (χ4v) is 4.59. The lowest BCUT2D eigenvalue weighted by molar-refractivity contribution is 0.112. The number of hydrogen-bond donors (Lipinski definition) is 1. The van der Waals surface area contributed by atoms with Gasteiger partial charge in [-0.1, -0.05) is 35.3 Å². The van der Waals surface area contributed by atoms with E-state index < -0.39 is 10.0 Å². The normalized spacial score (nSPS) is 11.3. The van der Waals surface area contributed by atoms with Gasteiger partial charge in [-0.15, -0.1) is 11.3 Å². The van der Waals surface area contributed by atoms with E-state index in [-0.39, 0.29) is 19.3 Å². The van der Waals surface area contributed by atoms with Gasteiger partial charge in [0.05, 0.1) is 4.34 Å². The first-order valence-corrected chi connectivity index (χ1v) is 8.01. The molecule has 0 fully saturated rings. The Kier molecular flexibility index (Phi) is 4.15. The molecular formula is C11H7Cl2NO3S2. The Labute approximate surface area is 124 Å². The summed E-state index contributed by atoms with van der Waals surface area (Å²) >= 11 is 12.5. The van der Waals surface area contributed by atoms with Crippen LogP contribution in [0.5, 0.6) is 0 Å². The number of carbonyl (C=O) groups is 1. The Morgan fingerprint density at radius 3 is 2.53 bits per heavy atom. The number of hydrogen-bond acceptors (Lipinski definition) is 4. The molecule has 0 saturated heterocycles. The molecule has 4 nitrogen and oxygen atoms in total. The summed E-state index contributed by atoms with van der Waals surface area (Å²) in [5.74, 6) is 0. The molecule has 0 saturated carbocycles. The molecule has 0 bridgehead atoms. The van der Waals surface area contributed by atoms with Crippen LogP contribution < -0.4 is 4.72 Å². The number of halogens is 2. The van der Waals surface area contributed by atoms with Gasteiger partial charge in [0.1, 0.15) is 15.5 Å². The number of anilines is 1. The number of sulfonamides is 1. The zero-order chi connectivity index (χ0) is 14.0. The Morgan fingerprint density at radius 2 is 1.95 bits per heavy atom. The predicted octanol–water partition coefficient (Wildman–Crippen LogP) is 3.67. The molecule has 0 atom stereocenters. The Balaban J connectivity index is 2.36. The van der Waals surface area contributed by atoms with E-state index in [4.69, 9.17) is 23.2 Å². The molecule has 1 aromatic heterocycles. The molecule has 0 unspecified atom stereocenters. The summed E-state index contributed by atoms with van der Waals surface area (Å²) < 4.78 is 26.9. The predicted molar refractivity (Wildman–Crippen MR) is 77.0 cm³/mol. The number of thiophene rings is 1. The van der Waals surface area contributed by atoms with Gasteiger partial charge in [0.25, 0.3) is 10.0 Å². The second-order valence-corrected chi connectivity index (χ2v) is 7.47. The van der Waals surface area contributed by atoms with Crippen molar-refractivity contribution in [1.29, 1.82) is 0 Å². The summed E-state index contributed by atoms with van der Waals surface area (Å²) in [4.78, 5) is 10.6. The lowest BCUT2D eigenvalue weighted by Gasteiger charge is -2.07. The summed E-state index contributed by atoms with van der Waals surface area (Å²) in [6, 6.07) is 7.38. The minimum Gasteiger partial charge on any atom is -0.298 e. The minimum atomic E-state index is -3.82. The molecule has 100 valence electrons. The van der Waals surface area contributed by atoms with Crippen LogP contribution in [-0.4, -0.2) is 14.7 Å². The quantitative estimate of drug-likeness (QED) is 0.867. The summed E-state index contributed by atoms with van der Waals surface area (Å²) in [6.45, 7) is 0. The second-order valence-electron chi connectivity index (χ2n) is 3.54. The third-order valence-corrected chi connectivity index (χ3v) is 5.32. The maximum absolute atomic E-state index is 12.1. The van der Waals surface area contributed by atoms with Crippen molar-refractivity contribution in [3.8, 4) is 0 Å². The molecule has 8 heteroatoms. The molecule has 1 heterocycles. The largest absolute Gasteiger partial charge is 0.298 e. The van der Waals surface area contributed by atoms with Crippen molar-refractivity contribution in [3.05, 3.63) is 44.6 Å². The molecule has 2 aromatic rings. The number of carbonyl (C=O) groups excluding carboxylic acids is 1. The van der Waals surface area contributed by atoms with Crippen LogP contribution in [-0.2, 0) is 10.0 Å². The van der Waals surface area contributed by atoms with E-state index in [9.17, 15) is 13.2 Å². The van der Waals surface area contributed by atoms with Crippen LogP contribution in [0.3, 0.4) is 0 Å². The number of nitrogens with one attached hydrogen (secondary N) is 1. The SMILES string of the molecule is O=Cc1cccc(NS(=O)(=O)c2cc(Cl)sc2Cl)c1. The molecule has 19 heavy (non-hydrogen) atoms. The van der Waals surface area contributed by atoms with Crippen LogP contribution in [0.1, 0.15) is 10.4 Å². The maximum atomic E-state index is 12.1. The molecule has 0 aliphatic heterocycles. The fourth-order valence-electron chi connectivity index (χ4n) is 1.39. The van der Waals surface area contributed by atoms with Crippen molar-refractivity contribution in [2.75, 3.05) is 4.72 Å². The molecule has 0 spiro atoms. The average molecular weight is 336 g/mol. The highest BCUT2D eigenvalue weighted by molar-refractivity contribution is 7.93. The van der Waals surface area contributed by atoms with Gasteiger partial charge < -0.3 is 0 Å². The molecule has 0 aliphatic rings. The van der Waals surface area contributed by atoms with E-state index in [0.717, 1.165) is 11.3 Å². The number of aldehydes is 1. The summed E-state index contributed by atoms with van der Waals surface area (Å²) in [7, 11) is -3.82. The van der Waals surface area contributed by atoms with Crippen LogP contribution in [0.2, 0.25) is 8.67 Å². The van der Waals surface area contributed by atoms with Crippen LogP contribution in [0.4, 0.5) is 5.69 Å². The summed E-state index contributed by atoms with van der Waals surface area (Å²) in [5, 5.41) is 0. The van der Waals surface area contributed by atoms with E-state index >= 15 is 0 Å². The third-order valence-electron chi connectivity index (χ3n) is 2.19. The van der Waals surface area contributed by atoms with Crippen molar-refractivity contribution >= 4 is 56.5 Å². The number of benzene rings is 1. The van der Waals surface area contributed by atoms with Crippen molar-refractivity contribution in [2.24, 2.45) is 0 Å². The van der Waals surface area contributed by atoms with E-state index in [1.807, 2.05) is 0 Å². The summed E-state index contributed by atoms with van der Waals surface area (Å²) in [5.41, 5.74) is 0.651. The van der Waals surface area contributed by atoms with Crippen LogP contribution in [0, 0.1) is 0 Å². The molecule has 1 aromatic carbocycles. The van der Waals surface area contributed by atoms with Crippen molar-refractivity contribution < 1.29 is 13.2 Å². The molecule has 0 aliphatic carbocycles. The maximum Gasteiger partial charge on any atom is 0.264 e. The zero-order valence-electron chi connectivity index (χ0n) is 9.26. The molecule has 0 amide bonds. The van der Waals surface area contributed by atoms with Crippen LogP contribution in [0.15, 0.2) is 35.2 Å². The van der Waals surface area contributed by atoms with Gasteiger partial charge in [-0.05, 0) is 18.2 Å². The lowest BCUT2D eigenvalue weighted by atomic mass is 10.2. The zero-order valence-corrected chi connectivity index (χ0v) is 12.4. The van der Waals surface area contributed by atoms with Crippen molar-refractivity contribution in [3.63, 3.8) is 0 Å². The Bertz CT molecular complexity index is 725. The fraction of sp³-hybridized carbons (Fsp3) is 0. The van der Waals surface area contributed by atoms with Gasteiger partial charge in [0, 0.05) is 11.3 Å². The highest BCUT2D eigenvalue weighted by Crippen LogP contribution is 2.35. The smallest absolute Gasteiger partial charge is 0.264 e. The van der Waals surface area contributed by atoms with Gasteiger partial charge in [-0.2, -0.15) is 0 Å². The van der Waals surface area contributed by atoms with E-state index in [2.05, 4.69) is 4.72 Å². The molecule has 2 rings (SSSR count). The monoisotopic (exact) mass is 335 g/mol. The van der Waals surface area contributed by atoms with Gasteiger partial charge in [-0.3, -0.25) is 9.52 Å². The second kappa shape index (κ2) is 5.50. The number of rotatable bonds is 4. The molecule has 1 N–H and O–H groups in total. The van der Waals surface area contributed by atoms with E-state index in [1.54, 1.807) is 12.1 Å². The first kappa shape index (κ1) is 14.3. The Morgan fingerprint density at radius 1 is 1.21 bits per heavy atom. The minimum absolute atomic E-state index is 0.0827. The highest BCUT2D eigenvalue weighted by Gasteiger charge is 2.21. The van der Waals surface area contributed by atoms with Crippen LogP contribution >= 0.6 is 34.5 Å². The van der Waals surface area contributed by atoms with Gasteiger partial charge >= 0.3 is 0 Å². The highest BCUT2D eigenvalue weighted by atomic mass is 35.5. The van der Waals surface area contributed by atoms with E-state index in [1.165, 1.54) is 18.2 Å². The topological polar surface area (TPSA) is 63.2 Å². The van der Waals surface area contributed by atoms with Crippen LogP contribution in [0.25, 0.3) is 0 Å². The standard InChI is InChI=1S/C11H7Cl2NO3S2/c12-10-5-9(11(13)18-10)19(16,17)14-8-3-1-2-7(4-8)6-15/h1-6,14H. The van der Waals surface area contributed by atoms with Gasteiger partial charge in [0.15, 0.2) is 0 Å². The third kappa shape index (κ3) is 3.27. The average Bonchev–Trinajstić information content (AvgIpc) is 2.69.